The number of aromatic carboxylic acids is 1. The molecule has 0 aliphatic heterocycles. The van der Waals surface area contributed by atoms with Crippen molar-refractivity contribution in [1.29, 1.82) is 0 Å². The molecule has 0 aliphatic carbocycles. The van der Waals surface area contributed by atoms with Crippen molar-refractivity contribution in [2.24, 2.45) is 0 Å². The summed E-state index contributed by atoms with van der Waals surface area (Å²) in [5, 5.41) is 13.5. The van der Waals surface area contributed by atoms with Gasteiger partial charge in [-0.15, -0.1) is 12.3 Å². The Morgan fingerprint density at radius 2 is 1.90 bits per heavy atom. The fourth-order valence-corrected chi connectivity index (χ4v) is 1.55. The Balaban J connectivity index is 2.65. The maximum Gasteiger partial charge on any atom is 0.337 e. The van der Waals surface area contributed by atoms with E-state index in [1.54, 1.807) is 0 Å². The number of amides is 2. The molecule has 0 saturated carbocycles. The van der Waals surface area contributed by atoms with Crippen molar-refractivity contribution in [3.8, 4) is 12.3 Å². The summed E-state index contributed by atoms with van der Waals surface area (Å²) in [6.07, 6.45) is 7.06. The van der Waals surface area contributed by atoms with Gasteiger partial charge in [-0.05, 0) is 18.9 Å². The molecule has 112 valence electrons. The maximum atomic E-state index is 13.1. The molecule has 1 aromatic carbocycles. The number of benzene rings is 1. The van der Waals surface area contributed by atoms with Crippen LogP contribution in [-0.2, 0) is 0 Å². The van der Waals surface area contributed by atoms with Crippen LogP contribution in [0.15, 0.2) is 12.1 Å². The minimum Gasteiger partial charge on any atom is -0.478 e. The Labute approximate surface area is 120 Å². The Kier molecular flexibility index (Phi) is 6.14. The van der Waals surface area contributed by atoms with E-state index >= 15 is 0 Å². The summed E-state index contributed by atoms with van der Waals surface area (Å²) in [4.78, 5) is 22.5. The molecule has 7 heteroatoms. The Hall–Kier alpha value is -2.62. The van der Waals surface area contributed by atoms with Gasteiger partial charge < -0.3 is 15.7 Å². The number of carboxylic acids is 1. The van der Waals surface area contributed by atoms with Crippen LogP contribution in [0.4, 0.5) is 19.3 Å². The third-order valence-corrected chi connectivity index (χ3v) is 2.57. The van der Waals surface area contributed by atoms with Crippen molar-refractivity contribution in [2.45, 2.75) is 19.3 Å². The van der Waals surface area contributed by atoms with E-state index in [-0.39, 0.29) is 5.69 Å². The summed E-state index contributed by atoms with van der Waals surface area (Å²) in [7, 11) is 0. The van der Waals surface area contributed by atoms with Crippen molar-refractivity contribution in [2.75, 3.05) is 11.9 Å². The lowest BCUT2D eigenvalue weighted by Gasteiger charge is -2.10. The van der Waals surface area contributed by atoms with Crippen LogP contribution in [0.2, 0.25) is 0 Å². The topological polar surface area (TPSA) is 78.4 Å². The van der Waals surface area contributed by atoms with E-state index in [4.69, 9.17) is 11.5 Å². The number of unbranched alkanes of at least 4 members (excludes halogenated alkanes) is 2. The molecular weight excluding hydrogens is 282 g/mol. The lowest BCUT2D eigenvalue weighted by molar-refractivity contribution is 0.0697. The molecule has 3 N–H and O–H groups in total. The van der Waals surface area contributed by atoms with Crippen LogP contribution >= 0.6 is 0 Å². The van der Waals surface area contributed by atoms with Crippen LogP contribution in [0.3, 0.4) is 0 Å². The molecule has 1 rings (SSSR count). The highest BCUT2D eigenvalue weighted by Gasteiger charge is 2.16. The monoisotopic (exact) mass is 296 g/mol. The molecule has 1 aromatic rings. The fourth-order valence-electron chi connectivity index (χ4n) is 1.55. The van der Waals surface area contributed by atoms with Crippen molar-refractivity contribution in [3.63, 3.8) is 0 Å². The van der Waals surface area contributed by atoms with E-state index in [0.717, 1.165) is 6.42 Å². The number of halogens is 2. The summed E-state index contributed by atoms with van der Waals surface area (Å²) in [5.74, 6) is -1.56. The van der Waals surface area contributed by atoms with Gasteiger partial charge in [0.05, 0.1) is 11.3 Å². The van der Waals surface area contributed by atoms with E-state index in [0.29, 0.717) is 31.5 Å². The predicted octanol–water partition coefficient (Wildman–Crippen LogP) is 2.59. The molecule has 0 aromatic heterocycles. The van der Waals surface area contributed by atoms with E-state index in [1.165, 1.54) is 0 Å². The molecule has 0 bridgehead atoms. The molecule has 5 nitrogen and oxygen atoms in total. The Morgan fingerprint density at radius 3 is 2.52 bits per heavy atom. The highest BCUT2D eigenvalue weighted by atomic mass is 19.2. The van der Waals surface area contributed by atoms with E-state index in [9.17, 15) is 18.4 Å². The van der Waals surface area contributed by atoms with Crippen LogP contribution in [0.1, 0.15) is 29.6 Å². The first-order valence-electron chi connectivity index (χ1n) is 6.16. The average Bonchev–Trinajstić information content (AvgIpc) is 2.42. The van der Waals surface area contributed by atoms with E-state index < -0.39 is 29.2 Å². The highest BCUT2D eigenvalue weighted by Crippen LogP contribution is 2.20. The number of anilines is 1. The smallest absolute Gasteiger partial charge is 0.337 e. The third kappa shape index (κ3) is 5.10. The largest absolute Gasteiger partial charge is 0.478 e. The molecular formula is C14H14F2N2O3. The van der Waals surface area contributed by atoms with Crippen LogP contribution in [-0.4, -0.2) is 23.7 Å². The summed E-state index contributed by atoms with van der Waals surface area (Å²) in [6.45, 7) is 0.333. The quantitative estimate of drug-likeness (QED) is 0.557. The number of nitrogens with one attached hydrogen (secondary N) is 2. The number of hydrogen-bond acceptors (Lipinski definition) is 2. The molecule has 0 saturated heterocycles. The number of carbonyl (C=O) groups is 2. The summed E-state index contributed by atoms with van der Waals surface area (Å²) in [6, 6.07) is 0.431. The standard InChI is InChI=1S/C14H14F2N2O3/c1-2-3-4-5-6-17-14(21)18-12-8-11(16)10(15)7-9(12)13(19)20/h1,7-8H,3-6H2,(H,19,20)(H2,17,18,21). The molecule has 0 spiro atoms. The Bertz CT molecular complexity index is 582. The van der Waals surface area contributed by atoms with E-state index in [1.807, 2.05) is 0 Å². The molecule has 0 fully saturated rings. The first-order chi connectivity index (χ1) is 9.95. The summed E-state index contributed by atoms with van der Waals surface area (Å²) >= 11 is 0. The number of terminal acetylenes is 1. The van der Waals surface area contributed by atoms with Crippen LogP contribution in [0.25, 0.3) is 0 Å². The molecule has 0 aliphatic rings. The van der Waals surface area contributed by atoms with Gasteiger partial charge in [0.15, 0.2) is 11.6 Å². The Morgan fingerprint density at radius 1 is 1.24 bits per heavy atom. The molecule has 0 atom stereocenters. The van der Waals surface area contributed by atoms with Crippen molar-refractivity contribution < 1.29 is 23.5 Å². The van der Waals surface area contributed by atoms with Gasteiger partial charge in [0.25, 0.3) is 0 Å². The number of urea groups is 1. The van der Waals surface area contributed by atoms with Crippen molar-refractivity contribution >= 4 is 17.7 Å². The zero-order valence-corrected chi connectivity index (χ0v) is 11.1. The summed E-state index contributed by atoms with van der Waals surface area (Å²) < 4.78 is 26.1. The zero-order chi connectivity index (χ0) is 15.8. The third-order valence-electron chi connectivity index (χ3n) is 2.57. The normalized spacial score (nSPS) is 9.76. The lowest BCUT2D eigenvalue weighted by Crippen LogP contribution is -2.30. The average molecular weight is 296 g/mol. The van der Waals surface area contributed by atoms with Crippen LogP contribution in [0.5, 0.6) is 0 Å². The van der Waals surface area contributed by atoms with Gasteiger partial charge in [-0.25, -0.2) is 18.4 Å². The van der Waals surface area contributed by atoms with Gasteiger partial charge in [0, 0.05) is 19.0 Å². The van der Waals surface area contributed by atoms with Gasteiger partial charge in [0.2, 0.25) is 0 Å². The first-order valence-corrected chi connectivity index (χ1v) is 6.16. The van der Waals surface area contributed by atoms with Crippen molar-refractivity contribution in [3.05, 3.63) is 29.3 Å². The maximum absolute atomic E-state index is 13.1. The minimum absolute atomic E-state index is 0.317. The number of rotatable bonds is 6. The molecule has 0 heterocycles. The second-order valence-electron chi connectivity index (χ2n) is 4.16. The number of carbonyl (C=O) groups excluding carboxylic acids is 1. The predicted molar refractivity (Wildman–Crippen MR) is 73.0 cm³/mol. The molecule has 21 heavy (non-hydrogen) atoms. The zero-order valence-electron chi connectivity index (χ0n) is 11.1. The SMILES string of the molecule is C#CCCCCNC(=O)Nc1cc(F)c(F)cc1C(=O)O. The van der Waals surface area contributed by atoms with E-state index in [2.05, 4.69) is 16.6 Å². The first kappa shape index (κ1) is 16.4. The molecule has 0 radical (unpaired) electrons. The van der Waals surface area contributed by atoms with Gasteiger partial charge in [-0.3, -0.25) is 0 Å². The summed E-state index contributed by atoms with van der Waals surface area (Å²) in [5.41, 5.74) is -0.848. The second kappa shape index (κ2) is 7.85. The van der Waals surface area contributed by atoms with Crippen LogP contribution < -0.4 is 10.6 Å². The second-order valence-corrected chi connectivity index (χ2v) is 4.16. The fraction of sp³-hybridized carbons (Fsp3) is 0.286. The number of carboxylic acid groups (broad SMARTS) is 1. The van der Waals surface area contributed by atoms with Gasteiger partial charge in [-0.2, -0.15) is 0 Å². The van der Waals surface area contributed by atoms with Crippen molar-refractivity contribution in [1.82, 2.24) is 5.32 Å². The van der Waals surface area contributed by atoms with Gasteiger partial charge in [-0.1, -0.05) is 0 Å². The minimum atomic E-state index is -1.47. The molecule has 2 amide bonds. The van der Waals surface area contributed by atoms with Gasteiger partial charge in [0.1, 0.15) is 0 Å². The lowest BCUT2D eigenvalue weighted by atomic mass is 10.1. The van der Waals surface area contributed by atoms with Gasteiger partial charge >= 0.3 is 12.0 Å². The number of hydrogen-bond donors (Lipinski definition) is 3. The van der Waals surface area contributed by atoms with Crippen LogP contribution in [0, 0.1) is 24.0 Å². The highest BCUT2D eigenvalue weighted by molar-refractivity contribution is 6.00. The molecule has 0 unspecified atom stereocenters.